The van der Waals surface area contributed by atoms with E-state index in [1.165, 1.54) is 6.33 Å². The molecule has 2 heterocycles. The van der Waals surface area contributed by atoms with Crippen LogP contribution >= 0.6 is 0 Å². The molecule has 0 aliphatic carbocycles. The van der Waals surface area contributed by atoms with Crippen molar-refractivity contribution in [1.29, 1.82) is 0 Å². The van der Waals surface area contributed by atoms with Gasteiger partial charge >= 0.3 is 0 Å². The van der Waals surface area contributed by atoms with Crippen LogP contribution in [0.25, 0.3) is 17.5 Å². The summed E-state index contributed by atoms with van der Waals surface area (Å²) in [7, 11) is 0. The Kier molecular flexibility index (Phi) is 2.27. The van der Waals surface area contributed by atoms with Crippen molar-refractivity contribution in [3.63, 3.8) is 0 Å². The first-order chi connectivity index (χ1) is 6.92. The van der Waals surface area contributed by atoms with Crippen LogP contribution in [0.3, 0.4) is 0 Å². The first-order valence-electron chi connectivity index (χ1n) is 4.13. The summed E-state index contributed by atoms with van der Waals surface area (Å²) in [5.41, 5.74) is 2.10. The topological polar surface area (TPSA) is 51.6 Å². The second-order valence-electron chi connectivity index (χ2n) is 2.61. The van der Waals surface area contributed by atoms with Crippen LogP contribution in [0.1, 0.15) is 5.69 Å². The molecule has 0 saturated heterocycles. The minimum absolute atomic E-state index is 0.656. The van der Waals surface area contributed by atoms with E-state index in [9.17, 15) is 0 Å². The molecule has 0 aliphatic rings. The van der Waals surface area contributed by atoms with Gasteiger partial charge in [-0.15, -0.1) is 10.2 Å². The average molecular weight is 184 g/mol. The lowest BCUT2D eigenvalue weighted by atomic mass is 10.2. The molecule has 0 saturated carbocycles. The molecule has 68 valence electrons. The van der Waals surface area contributed by atoms with Crippen molar-refractivity contribution in [2.45, 2.75) is 0 Å². The predicted molar refractivity (Wildman–Crippen MR) is 53.1 cm³/mol. The zero-order valence-corrected chi connectivity index (χ0v) is 7.46. The van der Waals surface area contributed by atoms with E-state index in [4.69, 9.17) is 0 Å². The van der Waals surface area contributed by atoms with Crippen LogP contribution in [0, 0.1) is 0 Å². The van der Waals surface area contributed by atoms with Crippen LogP contribution in [0.15, 0.2) is 37.3 Å². The molecule has 0 aliphatic heterocycles. The van der Waals surface area contributed by atoms with Crippen molar-refractivity contribution in [1.82, 2.24) is 20.2 Å². The van der Waals surface area contributed by atoms with Crippen LogP contribution in [-0.2, 0) is 0 Å². The summed E-state index contributed by atoms with van der Waals surface area (Å²) in [4.78, 5) is 8.21. The van der Waals surface area contributed by atoms with E-state index in [0.29, 0.717) is 11.4 Å². The van der Waals surface area contributed by atoms with Crippen LogP contribution in [-0.4, -0.2) is 20.2 Å². The summed E-state index contributed by atoms with van der Waals surface area (Å²) < 4.78 is 0. The smallest absolute Gasteiger partial charge is 0.138 e. The summed E-state index contributed by atoms with van der Waals surface area (Å²) in [6, 6.07) is 5.60. The first kappa shape index (κ1) is 8.50. The van der Waals surface area contributed by atoms with E-state index in [2.05, 4.69) is 26.7 Å². The standard InChI is InChI=1S/C10H8N4/c1-2-8-10(14-13-7-12-8)9-5-3-4-6-11-9/h2-7H,1H2. The normalized spacial score (nSPS) is 9.71. The largest absolute Gasteiger partial charge is 0.254 e. The highest BCUT2D eigenvalue weighted by molar-refractivity contribution is 5.64. The molecule has 0 N–H and O–H groups in total. The molecule has 2 aromatic rings. The van der Waals surface area contributed by atoms with Crippen molar-refractivity contribution in [2.24, 2.45) is 0 Å². The Morgan fingerprint density at radius 3 is 2.86 bits per heavy atom. The van der Waals surface area contributed by atoms with E-state index < -0.39 is 0 Å². The van der Waals surface area contributed by atoms with Gasteiger partial charge in [0.15, 0.2) is 0 Å². The second kappa shape index (κ2) is 3.74. The molecule has 14 heavy (non-hydrogen) atoms. The van der Waals surface area contributed by atoms with E-state index in [0.717, 1.165) is 5.69 Å². The van der Waals surface area contributed by atoms with Gasteiger partial charge < -0.3 is 0 Å². The molecule has 0 bridgehead atoms. The Bertz CT molecular complexity index is 439. The number of nitrogens with zero attached hydrogens (tertiary/aromatic N) is 4. The number of pyridine rings is 1. The van der Waals surface area contributed by atoms with Gasteiger partial charge in [-0.1, -0.05) is 12.6 Å². The summed E-state index contributed by atoms with van der Waals surface area (Å²) in [6.45, 7) is 3.66. The van der Waals surface area contributed by atoms with Gasteiger partial charge in [-0.25, -0.2) is 4.98 Å². The highest BCUT2D eigenvalue weighted by Gasteiger charge is 2.05. The monoisotopic (exact) mass is 184 g/mol. The molecule has 4 heteroatoms. The van der Waals surface area contributed by atoms with Gasteiger partial charge in [-0.3, -0.25) is 4.98 Å². The molecule has 0 spiro atoms. The van der Waals surface area contributed by atoms with Crippen molar-refractivity contribution in [3.05, 3.63) is 43.0 Å². The molecule has 2 aromatic heterocycles. The molecule has 0 aromatic carbocycles. The van der Waals surface area contributed by atoms with E-state index >= 15 is 0 Å². The minimum Gasteiger partial charge on any atom is -0.254 e. The van der Waals surface area contributed by atoms with Gasteiger partial charge in [0.05, 0.1) is 11.4 Å². The maximum absolute atomic E-state index is 4.17. The molecule has 0 atom stereocenters. The Hall–Kier alpha value is -2.10. The summed E-state index contributed by atoms with van der Waals surface area (Å²) in [5, 5.41) is 7.69. The van der Waals surface area contributed by atoms with Gasteiger partial charge in [0.25, 0.3) is 0 Å². The molecule has 0 radical (unpaired) electrons. The predicted octanol–water partition coefficient (Wildman–Crippen LogP) is 1.58. The zero-order valence-electron chi connectivity index (χ0n) is 7.46. The summed E-state index contributed by atoms with van der Waals surface area (Å²) in [6.07, 6.45) is 4.74. The van der Waals surface area contributed by atoms with Gasteiger partial charge in [0.1, 0.15) is 12.0 Å². The highest BCUT2D eigenvalue weighted by atomic mass is 15.1. The number of hydrogen-bond donors (Lipinski definition) is 0. The van der Waals surface area contributed by atoms with E-state index in [1.807, 2.05) is 18.2 Å². The fourth-order valence-electron chi connectivity index (χ4n) is 1.12. The maximum Gasteiger partial charge on any atom is 0.138 e. The van der Waals surface area contributed by atoms with Crippen molar-refractivity contribution in [3.8, 4) is 11.4 Å². The minimum atomic E-state index is 0.656. The molecule has 4 nitrogen and oxygen atoms in total. The van der Waals surface area contributed by atoms with Crippen LogP contribution in [0.5, 0.6) is 0 Å². The third kappa shape index (κ3) is 1.50. The van der Waals surface area contributed by atoms with Crippen molar-refractivity contribution in [2.75, 3.05) is 0 Å². The molecular weight excluding hydrogens is 176 g/mol. The second-order valence-corrected chi connectivity index (χ2v) is 2.61. The van der Waals surface area contributed by atoms with Gasteiger partial charge in [-0.05, 0) is 18.2 Å². The maximum atomic E-state index is 4.17. The van der Waals surface area contributed by atoms with Crippen LogP contribution < -0.4 is 0 Å². The fourth-order valence-corrected chi connectivity index (χ4v) is 1.12. The number of rotatable bonds is 2. The molecule has 0 fully saturated rings. The Labute approximate surface area is 81.4 Å². The molecular formula is C10H8N4. The summed E-state index contributed by atoms with van der Waals surface area (Å²) in [5.74, 6) is 0. The Morgan fingerprint density at radius 1 is 1.21 bits per heavy atom. The fraction of sp³-hybridized carbons (Fsp3) is 0. The van der Waals surface area contributed by atoms with Crippen LogP contribution in [0.2, 0.25) is 0 Å². The van der Waals surface area contributed by atoms with Crippen molar-refractivity contribution >= 4 is 6.08 Å². The Morgan fingerprint density at radius 2 is 2.14 bits per heavy atom. The highest BCUT2D eigenvalue weighted by Crippen LogP contribution is 2.15. The van der Waals surface area contributed by atoms with Gasteiger partial charge in [-0.2, -0.15) is 0 Å². The lowest BCUT2D eigenvalue weighted by Gasteiger charge is -2.00. The van der Waals surface area contributed by atoms with Crippen molar-refractivity contribution < 1.29 is 0 Å². The third-order valence-electron chi connectivity index (χ3n) is 1.75. The van der Waals surface area contributed by atoms with E-state index in [1.54, 1.807) is 12.3 Å². The van der Waals surface area contributed by atoms with Crippen LogP contribution in [0.4, 0.5) is 0 Å². The zero-order chi connectivity index (χ0) is 9.80. The lowest BCUT2D eigenvalue weighted by Crippen LogP contribution is -1.95. The number of aromatic nitrogens is 4. The SMILES string of the molecule is C=Cc1ncnnc1-c1ccccn1. The molecule has 0 unspecified atom stereocenters. The van der Waals surface area contributed by atoms with Gasteiger partial charge in [0, 0.05) is 6.20 Å². The lowest BCUT2D eigenvalue weighted by molar-refractivity contribution is 0.962. The Balaban J connectivity index is 2.57. The quantitative estimate of drug-likeness (QED) is 0.711. The number of hydrogen-bond acceptors (Lipinski definition) is 4. The van der Waals surface area contributed by atoms with E-state index in [-0.39, 0.29) is 0 Å². The average Bonchev–Trinajstić information content (AvgIpc) is 2.30. The third-order valence-corrected chi connectivity index (χ3v) is 1.75. The summed E-state index contributed by atoms with van der Waals surface area (Å²) >= 11 is 0. The molecule has 0 amide bonds. The first-order valence-corrected chi connectivity index (χ1v) is 4.13. The van der Waals surface area contributed by atoms with Gasteiger partial charge in [0.2, 0.25) is 0 Å². The molecule has 2 rings (SSSR count).